The molecular weight excluding hydrogens is 472 g/mol. The van der Waals surface area contributed by atoms with Crippen molar-refractivity contribution in [1.29, 1.82) is 0 Å². The maximum atomic E-state index is 12.9. The number of sulfone groups is 3. The van der Waals surface area contributed by atoms with Crippen molar-refractivity contribution in [3.63, 3.8) is 0 Å². The molecule has 0 unspecified atom stereocenters. The minimum absolute atomic E-state index is 0.0497. The van der Waals surface area contributed by atoms with Crippen LogP contribution in [0.1, 0.15) is 5.56 Å². The monoisotopic (exact) mass is 492 g/mol. The summed E-state index contributed by atoms with van der Waals surface area (Å²) in [5.74, 6) is 0. The number of rotatable bonds is 5. The van der Waals surface area contributed by atoms with Crippen LogP contribution in [0.15, 0.2) is 15.8 Å². The van der Waals surface area contributed by atoms with Crippen molar-refractivity contribution in [3.8, 4) is 0 Å². The lowest BCUT2D eigenvalue weighted by Gasteiger charge is -2.42. The highest BCUT2D eigenvalue weighted by Crippen LogP contribution is 2.56. The number of hydrogen-bond acceptors (Lipinski definition) is 12. The molecule has 17 heteroatoms. The molecular formula is C13H20N2O12S3. The summed E-state index contributed by atoms with van der Waals surface area (Å²) < 4.78 is 81.0. The third kappa shape index (κ3) is 2.76. The molecule has 4 N–H and O–H groups in total. The first-order chi connectivity index (χ1) is 13.2. The van der Waals surface area contributed by atoms with Gasteiger partial charge in [0.1, 0.15) is 6.10 Å². The Morgan fingerprint density at radius 2 is 1.53 bits per heavy atom. The topological polar surface area (TPSA) is 227 Å². The lowest BCUT2D eigenvalue weighted by molar-refractivity contribution is -0.102. The third-order valence-corrected chi connectivity index (χ3v) is 10.1. The van der Waals surface area contributed by atoms with Gasteiger partial charge in [-0.2, -0.15) is 0 Å². The number of aliphatic hydroxyl groups excluding tert-OH is 1. The molecule has 2 rings (SSSR count). The van der Waals surface area contributed by atoms with E-state index in [1.54, 1.807) is 4.98 Å². The molecule has 1 aliphatic heterocycles. The highest BCUT2D eigenvalue weighted by Gasteiger charge is 2.86. The van der Waals surface area contributed by atoms with E-state index >= 15 is 0 Å². The number of nitrogens with one attached hydrogen (secondary N) is 1. The van der Waals surface area contributed by atoms with E-state index in [-0.39, 0.29) is 22.6 Å². The molecule has 1 saturated heterocycles. The van der Waals surface area contributed by atoms with Crippen LogP contribution in [0.2, 0.25) is 0 Å². The number of H-pyrrole nitrogens is 1. The smallest absolute Gasteiger partial charge is 0.331 e. The molecule has 1 aliphatic rings. The molecule has 0 amide bonds. The molecule has 172 valence electrons. The molecule has 0 bridgehead atoms. The van der Waals surface area contributed by atoms with Crippen molar-refractivity contribution in [1.82, 2.24) is 9.55 Å². The fourth-order valence-corrected chi connectivity index (χ4v) is 9.31. The highest BCUT2D eigenvalue weighted by atomic mass is 32.2. The van der Waals surface area contributed by atoms with E-state index in [1.807, 2.05) is 0 Å². The van der Waals surface area contributed by atoms with Gasteiger partial charge >= 0.3 is 10.7 Å². The van der Waals surface area contributed by atoms with Crippen molar-refractivity contribution in [2.75, 3.05) is 25.4 Å². The number of nitrogens with zero attached hydrogens (tertiary/aromatic N) is 1. The predicted molar refractivity (Wildman–Crippen MR) is 100 cm³/mol. The Labute approximate surface area is 170 Å². The lowest BCUT2D eigenvalue weighted by atomic mass is 10.1. The van der Waals surface area contributed by atoms with Gasteiger partial charge in [0.05, 0.1) is 6.61 Å². The zero-order valence-electron chi connectivity index (χ0n) is 16.0. The average molecular weight is 493 g/mol. The van der Waals surface area contributed by atoms with Gasteiger partial charge in [0.15, 0.2) is 19.7 Å². The fraction of sp³-hybridized carbons (Fsp3) is 0.692. The van der Waals surface area contributed by atoms with Crippen LogP contribution in [-0.2, 0) is 39.3 Å². The molecule has 0 spiro atoms. The summed E-state index contributed by atoms with van der Waals surface area (Å²) in [7, 11) is -15.7. The largest absolute Gasteiger partial charge is 0.394 e. The quantitative estimate of drug-likeness (QED) is 0.304. The van der Waals surface area contributed by atoms with E-state index in [4.69, 9.17) is 4.74 Å². The third-order valence-electron chi connectivity index (χ3n) is 4.86. The Morgan fingerprint density at radius 3 is 1.90 bits per heavy atom. The minimum atomic E-state index is -5.36. The van der Waals surface area contributed by atoms with Crippen molar-refractivity contribution in [2.45, 2.75) is 28.0 Å². The van der Waals surface area contributed by atoms with E-state index in [0.717, 1.165) is 6.92 Å². The molecule has 30 heavy (non-hydrogen) atoms. The Bertz CT molecular complexity index is 1330. The van der Waals surface area contributed by atoms with Crippen molar-refractivity contribution in [2.24, 2.45) is 0 Å². The minimum Gasteiger partial charge on any atom is -0.394 e. The van der Waals surface area contributed by atoms with Gasteiger partial charge in [0.2, 0.25) is 14.8 Å². The number of aromatic nitrogens is 2. The summed E-state index contributed by atoms with van der Waals surface area (Å²) in [6.45, 7) is -0.388. The summed E-state index contributed by atoms with van der Waals surface area (Å²) in [5.41, 5.74) is -2.96. The molecule has 1 aromatic rings. The summed E-state index contributed by atoms with van der Waals surface area (Å²) in [5, 5.41) is 28.0. The Hall–Kier alpha value is -1.63. The zero-order chi connectivity index (χ0) is 23.7. The first-order valence-corrected chi connectivity index (χ1v) is 13.6. The molecule has 0 radical (unpaired) electrons. The summed E-state index contributed by atoms with van der Waals surface area (Å²) in [6, 6.07) is 0. The Morgan fingerprint density at radius 1 is 1.03 bits per heavy atom. The first kappa shape index (κ1) is 24.6. The van der Waals surface area contributed by atoms with E-state index in [1.165, 1.54) is 0 Å². The average Bonchev–Trinajstić information content (AvgIpc) is 2.78. The maximum absolute atomic E-state index is 12.9. The SMILES string of the molecule is Cc1cn([C@]2(S(C)(=O)=O)O[C@H](CO)[C@](O)(S(C)(=O)=O)[C@]2(O)S(C)(=O)=O)c(=O)[nH]c1=O. The van der Waals surface area contributed by atoms with Crippen LogP contribution in [0.25, 0.3) is 0 Å². The standard InChI is InChI=1S/C13H20N2O12S3/c1-7-5-15(10(18)14-9(7)17)13(30(4,25)26)12(20,29(3,23)24)11(19,28(2,21)22)8(6-16)27-13/h5,8,16,19-20H,6H2,1-4H3,(H,14,17,18)/t8-,11+,12+,13+/m1/s1. The van der Waals surface area contributed by atoms with E-state index in [2.05, 4.69) is 0 Å². The van der Waals surface area contributed by atoms with E-state index in [0.29, 0.717) is 12.5 Å². The van der Waals surface area contributed by atoms with Gasteiger partial charge in [-0.05, 0) is 6.92 Å². The molecule has 1 aromatic heterocycles. The molecule has 2 heterocycles. The van der Waals surface area contributed by atoms with Gasteiger partial charge in [-0.3, -0.25) is 14.3 Å². The second-order valence-corrected chi connectivity index (χ2v) is 13.4. The van der Waals surface area contributed by atoms with Crippen LogP contribution in [0.3, 0.4) is 0 Å². The van der Waals surface area contributed by atoms with E-state index in [9.17, 15) is 50.2 Å². The van der Waals surface area contributed by atoms with Gasteiger partial charge in [-0.25, -0.2) is 30.0 Å². The van der Waals surface area contributed by atoms with Gasteiger partial charge in [0.25, 0.3) is 10.5 Å². The number of ether oxygens (including phenoxy) is 1. The molecule has 0 saturated carbocycles. The van der Waals surface area contributed by atoms with Crippen LogP contribution >= 0.6 is 0 Å². The highest BCUT2D eigenvalue weighted by molar-refractivity contribution is 7.98. The lowest BCUT2D eigenvalue weighted by Crippen LogP contribution is -2.73. The summed E-state index contributed by atoms with van der Waals surface area (Å²) in [6.07, 6.45) is -1.25. The normalized spacial score (nSPS) is 33.0. The zero-order valence-corrected chi connectivity index (χ0v) is 18.5. The molecule has 0 aliphatic carbocycles. The van der Waals surface area contributed by atoms with Crippen molar-refractivity contribution >= 4 is 29.5 Å². The van der Waals surface area contributed by atoms with E-state index < -0.39 is 68.4 Å². The number of aliphatic hydroxyl groups is 3. The van der Waals surface area contributed by atoms with Crippen molar-refractivity contribution < 1.29 is 45.3 Å². The fourth-order valence-electron chi connectivity index (χ4n) is 3.47. The van der Waals surface area contributed by atoms with Gasteiger partial charge in [-0.1, -0.05) is 0 Å². The Kier molecular flexibility index (Phi) is 5.49. The van der Waals surface area contributed by atoms with Crippen LogP contribution < -0.4 is 11.2 Å². The van der Waals surface area contributed by atoms with Crippen LogP contribution in [0.5, 0.6) is 0 Å². The Balaban J connectivity index is 3.34. The first-order valence-electron chi connectivity index (χ1n) is 7.89. The maximum Gasteiger partial charge on any atom is 0.331 e. The number of aryl methyl sites for hydroxylation is 1. The molecule has 1 fully saturated rings. The summed E-state index contributed by atoms with van der Waals surface area (Å²) in [4.78, 5) is 17.6. The van der Waals surface area contributed by atoms with Gasteiger partial charge < -0.3 is 20.1 Å². The van der Waals surface area contributed by atoms with Crippen molar-refractivity contribution in [3.05, 3.63) is 32.6 Å². The molecule has 4 atom stereocenters. The van der Waals surface area contributed by atoms with Crippen LogP contribution in [0.4, 0.5) is 0 Å². The van der Waals surface area contributed by atoms with Gasteiger partial charge in [-0.15, -0.1) is 0 Å². The second kappa shape index (κ2) is 6.68. The molecule has 14 nitrogen and oxygen atoms in total. The second-order valence-electron chi connectivity index (χ2n) is 6.97. The molecule has 0 aromatic carbocycles. The van der Waals surface area contributed by atoms with Gasteiger partial charge in [0, 0.05) is 30.5 Å². The summed E-state index contributed by atoms with van der Waals surface area (Å²) >= 11 is 0. The number of aromatic amines is 1. The van der Waals surface area contributed by atoms with Crippen LogP contribution in [-0.4, -0.2) is 91.5 Å². The van der Waals surface area contributed by atoms with Crippen LogP contribution in [0, 0.1) is 6.92 Å². The predicted octanol–water partition coefficient (Wildman–Crippen LogP) is -4.64. The number of hydrogen-bond donors (Lipinski definition) is 4.